The highest BCUT2D eigenvalue weighted by Crippen LogP contribution is 2.30. The predicted octanol–water partition coefficient (Wildman–Crippen LogP) is 2.53. The zero-order valence-electron chi connectivity index (χ0n) is 25.4. The number of aliphatic hydroxyl groups is 2. The molecule has 0 saturated carbocycles. The first kappa shape index (κ1) is 34.2. The molecule has 0 aliphatic carbocycles. The molecule has 11 heteroatoms. The van der Waals surface area contributed by atoms with Crippen LogP contribution in [-0.2, 0) is 27.5 Å². The van der Waals surface area contributed by atoms with Crippen LogP contribution in [0.4, 0.5) is 10.5 Å². The lowest BCUT2D eigenvalue weighted by molar-refractivity contribution is -0.131. The number of ether oxygens (including phenoxy) is 1. The normalized spacial score (nSPS) is 12.6. The quantitative estimate of drug-likeness (QED) is 0.132. The van der Waals surface area contributed by atoms with Crippen LogP contribution in [0.15, 0.2) is 78.9 Å². The molecule has 236 valence electrons. The molecule has 0 bridgehead atoms. The molecule has 2 atom stereocenters. The second-order valence-electron chi connectivity index (χ2n) is 11.0. The van der Waals surface area contributed by atoms with Gasteiger partial charge in [-0.2, -0.15) is 0 Å². The van der Waals surface area contributed by atoms with Gasteiger partial charge in [-0.05, 0) is 36.6 Å². The van der Waals surface area contributed by atoms with Gasteiger partial charge >= 0.3 is 6.03 Å². The van der Waals surface area contributed by atoms with E-state index in [-0.39, 0.29) is 44.7 Å². The van der Waals surface area contributed by atoms with Crippen LogP contribution in [0, 0.1) is 0 Å². The van der Waals surface area contributed by atoms with E-state index in [1.807, 2.05) is 72.8 Å². The van der Waals surface area contributed by atoms with Gasteiger partial charge in [0.2, 0.25) is 11.8 Å². The summed E-state index contributed by atoms with van der Waals surface area (Å²) in [6.45, 7) is 3.70. The number of para-hydroxylation sites is 1. The molecule has 0 aliphatic rings. The van der Waals surface area contributed by atoms with Gasteiger partial charge in [0, 0.05) is 37.7 Å². The smallest absolute Gasteiger partial charge is 0.318 e. The van der Waals surface area contributed by atoms with Gasteiger partial charge in [0.25, 0.3) is 0 Å². The van der Waals surface area contributed by atoms with Gasteiger partial charge in [0.05, 0.1) is 31.6 Å². The summed E-state index contributed by atoms with van der Waals surface area (Å²) >= 11 is 0. The van der Waals surface area contributed by atoms with Crippen molar-refractivity contribution in [3.05, 3.63) is 90.0 Å². The van der Waals surface area contributed by atoms with E-state index in [2.05, 4.69) is 26.6 Å². The molecule has 0 fully saturated rings. The van der Waals surface area contributed by atoms with Crippen LogP contribution in [0.25, 0.3) is 11.1 Å². The third kappa shape index (κ3) is 11.1. The standard InChI is InChI=1S/C33H43N5O6/c1-33(2,36-19-25(40)20-39)17-30(41)37-29(22-44-21-23-11-5-4-6-12-23)31(42)35-18-24-13-7-8-14-26(24)27-15-9-10-16-28(27)38-32(43)34-3/h4-16,25,29,36,39-40H,17-22H2,1-3H3,(H,35,42)(H,37,41)(H2,34,38,43)/t25-,29+/m0/s1. The van der Waals surface area contributed by atoms with Crippen LogP contribution in [0.2, 0.25) is 0 Å². The fourth-order valence-corrected chi connectivity index (χ4v) is 4.47. The molecule has 0 heterocycles. The predicted molar refractivity (Wildman–Crippen MR) is 170 cm³/mol. The highest BCUT2D eigenvalue weighted by Gasteiger charge is 2.27. The van der Waals surface area contributed by atoms with E-state index in [0.717, 1.165) is 22.3 Å². The maximum Gasteiger partial charge on any atom is 0.318 e. The number of benzene rings is 3. The average Bonchev–Trinajstić information content (AvgIpc) is 3.02. The lowest BCUT2D eigenvalue weighted by Crippen LogP contribution is -2.52. The number of amides is 4. The zero-order valence-corrected chi connectivity index (χ0v) is 25.4. The molecule has 3 aromatic carbocycles. The molecule has 0 aromatic heterocycles. The molecule has 0 spiro atoms. The second kappa shape index (κ2) is 17.1. The minimum absolute atomic E-state index is 0.0194. The summed E-state index contributed by atoms with van der Waals surface area (Å²) in [5, 5.41) is 32.9. The number of urea groups is 1. The molecule has 0 unspecified atom stereocenters. The molecule has 44 heavy (non-hydrogen) atoms. The number of rotatable bonds is 16. The Labute approximate surface area is 258 Å². The molecule has 11 nitrogen and oxygen atoms in total. The number of nitrogens with one attached hydrogen (secondary N) is 5. The van der Waals surface area contributed by atoms with Gasteiger partial charge < -0.3 is 41.5 Å². The molecular formula is C33H43N5O6. The van der Waals surface area contributed by atoms with Gasteiger partial charge in [-0.1, -0.05) is 72.8 Å². The minimum Gasteiger partial charge on any atom is -0.394 e. The van der Waals surface area contributed by atoms with E-state index in [9.17, 15) is 19.5 Å². The molecule has 7 N–H and O–H groups in total. The summed E-state index contributed by atoms with van der Waals surface area (Å²) < 4.78 is 5.84. The SMILES string of the molecule is CNC(=O)Nc1ccccc1-c1ccccc1CNC(=O)[C@@H](COCc1ccccc1)NC(=O)CC(C)(C)NC[C@H](O)CO. The maximum absolute atomic E-state index is 13.5. The lowest BCUT2D eigenvalue weighted by atomic mass is 9.98. The van der Waals surface area contributed by atoms with Gasteiger partial charge in [-0.3, -0.25) is 9.59 Å². The minimum atomic E-state index is -0.973. The largest absolute Gasteiger partial charge is 0.394 e. The number of β-amino-alcohol motifs (C(OH)–C–C–N with tert-alkyl or cyclic N) is 1. The number of hydrogen-bond acceptors (Lipinski definition) is 7. The monoisotopic (exact) mass is 605 g/mol. The second-order valence-corrected chi connectivity index (χ2v) is 11.0. The third-order valence-electron chi connectivity index (χ3n) is 6.84. The summed E-state index contributed by atoms with van der Waals surface area (Å²) in [6, 6.07) is 23.1. The van der Waals surface area contributed by atoms with E-state index >= 15 is 0 Å². The number of carbonyl (C=O) groups excluding carboxylic acids is 3. The van der Waals surface area contributed by atoms with Crippen molar-refractivity contribution < 1.29 is 29.3 Å². The van der Waals surface area contributed by atoms with Gasteiger partial charge in [0.15, 0.2) is 0 Å². The van der Waals surface area contributed by atoms with Crippen molar-refractivity contribution in [2.24, 2.45) is 0 Å². The summed E-state index contributed by atoms with van der Waals surface area (Å²) in [4.78, 5) is 38.5. The Morgan fingerprint density at radius 2 is 1.57 bits per heavy atom. The number of carbonyl (C=O) groups is 3. The molecular weight excluding hydrogens is 562 g/mol. The zero-order chi connectivity index (χ0) is 32.0. The van der Waals surface area contributed by atoms with Crippen molar-refractivity contribution >= 4 is 23.5 Å². The summed E-state index contributed by atoms with van der Waals surface area (Å²) in [5.41, 5.74) is 3.28. The number of hydrogen-bond donors (Lipinski definition) is 7. The van der Waals surface area contributed by atoms with Crippen molar-refractivity contribution in [1.29, 1.82) is 0 Å². The highest BCUT2D eigenvalue weighted by molar-refractivity contribution is 5.95. The lowest BCUT2D eigenvalue weighted by Gasteiger charge is -2.28. The summed E-state index contributed by atoms with van der Waals surface area (Å²) in [6.07, 6.45) is -0.928. The Hall–Kier alpha value is -4.29. The topological polar surface area (TPSA) is 161 Å². The Morgan fingerprint density at radius 3 is 2.27 bits per heavy atom. The fraction of sp³-hybridized carbons (Fsp3) is 0.364. The molecule has 3 aromatic rings. The van der Waals surface area contributed by atoms with Crippen molar-refractivity contribution in [1.82, 2.24) is 21.3 Å². The highest BCUT2D eigenvalue weighted by atomic mass is 16.5. The van der Waals surface area contributed by atoms with E-state index in [4.69, 9.17) is 9.84 Å². The van der Waals surface area contributed by atoms with Gasteiger partial charge in [-0.25, -0.2) is 4.79 Å². The van der Waals surface area contributed by atoms with Gasteiger partial charge in [0.1, 0.15) is 6.04 Å². The average molecular weight is 606 g/mol. The molecule has 0 aliphatic heterocycles. The fourth-order valence-electron chi connectivity index (χ4n) is 4.47. The van der Waals surface area contributed by atoms with Crippen molar-refractivity contribution in [2.45, 2.75) is 51.1 Å². The molecule has 4 amide bonds. The van der Waals surface area contributed by atoms with Gasteiger partial charge in [-0.15, -0.1) is 0 Å². The van der Waals surface area contributed by atoms with E-state index < -0.39 is 30.2 Å². The molecule has 0 saturated heterocycles. The van der Waals surface area contributed by atoms with E-state index in [1.54, 1.807) is 27.0 Å². The molecule has 0 radical (unpaired) electrons. The maximum atomic E-state index is 13.5. The number of aliphatic hydroxyl groups excluding tert-OH is 2. The third-order valence-corrected chi connectivity index (χ3v) is 6.84. The summed E-state index contributed by atoms with van der Waals surface area (Å²) in [7, 11) is 1.54. The van der Waals surface area contributed by atoms with Crippen LogP contribution in [0.5, 0.6) is 0 Å². The first-order valence-corrected chi connectivity index (χ1v) is 14.5. The van der Waals surface area contributed by atoms with E-state index in [0.29, 0.717) is 5.69 Å². The van der Waals surface area contributed by atoms with Crippen LogP contribution in [0.3, 0.4) is 0 Å². The Morgan fingerprint density at radius 1 is 0.909 bits per heavy atom. The van der Waals surface area contributed by atoms with Crippen LogP contribution in [0.1, 0.15) is 31.4 Å². The summed E-state index contributed by atoms with van der Waals surface area (Å²) in [5.74, 6) is -0.793. The molecule has 3 rings (SSSR count). The number of anilines is 1. The Balaban J connectivity index is 1.72. The first-order valence-electron chi connectivity index (χ1n) is 14.5. The van der Waals surface area contributed by atoms with Crippen molar-refractivity contribution in [2.75, 3.05) is 32.1 Å². The Bertz CT molecular complexity index is 1370. The van der Waals surface area contributed by atoms with Crippen molar-refractivity contribution in [3.8, 4) is 11.1 Å². The van der Waals surface area contributed by atoms with Crippen LogP contribution in [-0.4, -0.2) is 72.5 Å². The Kier molecular flexibility index (Phi) is 13.3. The van der Waals surface area contributed by atoms with Crippen LogP contribution >= 0.6 is 0 Å². The van der Waals surface area contributed by atoms with Crippen molar-refractivity contribution in [3.63, 3.8) is 0 Å². The first-order chi connectivity index (χ1) is 21.1. The van der Waals surface area contributed by atoms with E-state index in [1.165, 1.54) is 0 Å². The van der Waals surface area contributed by atoms with Crippen LogP contribution < -0.4 is 26.6 Å².